The number of hydrogen-bond donors (Lipinski definition) is 0. The van der Waals surface area contributed by atoms with Crippen molar-refractivity contribution < 1.29 is 13.2 Å². The van der Waals surface area contributed by atoms with Gasteiger partial charge in [-0.05, 0) is 25.2 Å². The molecular weight excluding hydrogens is 314 g/mol. The smallest absolute Gasteiger partial charge is 0.222 e. The minimum Gasteiger partial charge on any atom is -0.340 e. The molecule has 0 radical (unpaired) electrons. The van der Waals surface area contributed by atoms with Crippen molar-refractivity contribution in [1.29, 1.82) is 0 Å². The molecule has 3 aliphatic rings. The summed E-state index contributed by atoms with van der Waals surface area (Å²) in [5.74, 6) is 0.390. The van der Waals surface area contributed by atoms with Crippen LogP contribution in [0.25, 0.3) is 0 Å². The molecule has 2 heterocycles. The molecule has 0 aromatic rings. The van der Waals surface area contributed by atoms with Gasteiger partial charge in [-0.1, -0.05) is 12.8 Å². The average Bonchev–Trinajstić information content (AvgIpc) is 3.18. The molecule has 1 atom stereocenters. The summed E-state index contributed by atoms with van der Waals surface area (Å²) in [4.78, 5) is 17.0. The molecule has 2 aliphatic heterocycles. The third-order valence-corrected chi connectivity index (χ3v) is 6.96. The first-order chi connectivity index (χ1) is 10.9. The van der Waals surface area contributed by atoms with E-state index >= 15 is 0 Å². The first-order valence-corrected chi connectivity index (χ1v) is 10.8. The van der Waals surface area contributed by atoms with Gasteiger partial charge in [0.2, 0.25) is 15.9 Å². The lowest BCUT2D eigenvalue weighted by Gasteiger charge is -2.38. The summed E-state index contributed by atoms with van der Waals surface area (Å²) in [5.41, 5.74) is 0. The van der Waals surface area contributed by atoms with Gasteiger partial charge in [-0.2, -0.15) is 0 Å². The lowest BCUT2D eigenvalue weighted by Crippen LogP contribution is -2.51. The van der Waals surface area contributed by atoms with Crippen LogP contribution in [0.1, 0.15) is 38.5 Å². The number of nitrogens with zero attached hydrogens (tertiary/aromatic N) is 3. The van der Waals surface area contributed by atoms with Crippen molar-refractivity contribution in [2.45, 2.75) is 44.6 Å². The lowest BCUT2D eigenvalue weighted by atomic mass is 10.0. The van der Waals surface area contributed by atoms with Crippen molar-refractivity contribution >= 4 is 15.9 Å². The monoisotopic (exact) mass is 343 g/mol. The molecule has 0 aromatic carbocycles. The first-order valence-electron chi connectivity index (χ1n) is 8.90. The zero-order valence-electron chi connectivity index (χ0n) is 14.1. The van der Waals surface area contributed by atoms with Crippen LogP contribution in [0.15, 0.2) is 0 Å². The third kappa shape index (κ3) is 4.25. The second-order valence-electron chi connectivity index (χ2n) is 7.33. The summed E-state index contributed by atoms with van der Waals surface area (Å²) in [7, 11) is -3.11. The molecular formula is C16H29N3O3S. The molecule has 0 bridgehead atoms. The number of amides is 1. The number of sulfonamides is 1. The highest BCUT2D eigenvalue weighted by molar-refractivity contribution is 7.88. The first kappa shape index (κ1) is 17.2. The van der Waals surface area contributed by atoms with Crippen LogP contribution < -0.4 is 0 Å². The third-order valence-electron chi connectivity index (χ3n) is 5.69. The molecule has 2 saturated heterocycles. The second kappa shape index (κ2) is 7.07. The van der Waals surface area contributed by atoms with E-state index in [0.717, 1.165) is 38.6 Å². The van der Waals surface area contributed by atoms with Gasteiger partial charge in [-0.3, -0.25) is 9.69 Å². The van der Waals surface area contributed by atoms with Gasteiger partial charge in [0.15, 0.2) is 0 Å². The number of carbonyl (C=O) groups is 1. The Bertz CT molecular complexity index is 523. The highest BCUT2D eigenvalue weighted by Gasteiger charge is 2.32. The number of rotatable bonds is 4. The minimum atomic E-state index is -3.11. The van der Waals surface area contributed by atoms with Crippen LogP contribution >= 0.6 is 0 Å². The fourth-order valence-electron chi connectivity index (χ4n) is 4.25. The van der Waals surface area contributed by atoms with E-state index in [9.17, 15) is 13.2 Å². The van der Waals surface area contributed by atoms with Crippen molar-refractivity contribution in [2.75, 3.05) is 45.5 Å². The van der Waals surface area contributed by atoms with Crippen LogP contribution in [0.2, 0.25) is 0 Å². The topological polar surface area (TPSA) is 60.9 Å². The second-order valence-corrected chi connectivity index (χ2v) is 9.32. The normalized spacial score (nSPS) is 28.6. The van der Waals surface area contributed by atoms with Gasteiger partial charge in [0.1, 0.15) is 0 Å². The number of piperazine rings is 1. The Morgan fingerprint density at radius 2 is 1.65 bits per heavy atom. The van der Waals surface area contributed by atoms with E-state index in [0.29, 0.717) is 19.5 Å². The Morgan fingerprint density at radius 1 is 1.00 bits per heavy atom. The van der Waals surface area contributed by atoms with Crippen LogP contribution in [-0.2, 0) is 14.8 Å². The standard InChI is InChI=1S/C16H29N3O3S/c1-23(21,22)19-7-6-14(13-19)12-16(20)18-10-8-17(9-11-18)15-4-2-3-5-15/h14-15H,2-13H2,1H3. The van der Waals surface area contributed by atoms with E-state index in [1.807, 2.05) is 4.90 Å². The van der Waals surface area contributed by atoms with Crippen LogP contribution in [0.3, 0.4) is 0 Å². The Balaban J connectivity index is 1.43. The van der Waals surface area contributed by atoms with E-state index in [4.69, 9.17) is 0 Å². The van der Waals surface area contributed by atoms with E-state index < -0.39 is 10.0 Å². The van der Waals surface area contributed by atoms with Gasteiger partial charge >= 0.3 is 0 Å². The molecule has 0 spiro atoms. The molecule has 1 saturated carbocycles. The Morgan fingerprint density at radius 3 is 2.22 bits per heavy atom. The van der Waals surface area contributed by atoms with E-state index in [1.165, 1.54) is 36.2 Å². The molecule has 6 nitrogen and oxygen atoms in total. The zero-order valence-corrected chi connectivity index (χ0v) is 14.9. The van der Waals surface area contributed by atoms with Crippen LogP contribution in [0.4, 0.5) is 0 Å². The largest absolute Gasteiger partial charge is 0.340 e. The van der Waals surface area contributed by atoms with Gasteiger partial charge in [0, 0.05) is 51.7 Å². The maximum Gasteiger partial charge on any atom is 0.222 e. The van der Waals surface area contributed by atoms with Crippen molar-refractivity contribution in [3.63, 3.8) is 0 Å². The van der Waals surface area contributed by atoms with Gasteiger partial charge in [0.05, 0.1) is 6.26 Å². The Kier molecular flexibility index (Phi) is 5.28. The van der Waals surface area contributed by atoms with Gasteiger partial charge in [0.25, 0.3) is 0 Å². The summed E-state index contributed by atoms with van der Waals surface area (Å²) in [6.07, 6.45) is 7.88. The van der Waals surface area contributed by atoms with Crippen LogP contribution in [0, 0.1) is 5.92 Å². The maximum absolute atomic E-state index is 12.5. The number of carbonyl (C=O) groups excluding carboxylic acids is 1. The molecule has 1 amide bonds. The molecule has 3 fully saturated rings. The molecule has 3 rings (SSSR count). The fourth-order valence-corrected chi connectivity index (χ4v) is 5.17. The summed E-state index contributed by atoms with van der Waals surface area (Å²) < 4.78 is 24.6. The van der Waals surface area contributed by atoms with Crippen LogP contribution in [0.5, 0.6) is 0 Å². The van der Waals surface area contributed by atoms with Crippen molar-refractivity contribution in [2.24, 2.45) is 5.92 Å². The van der Waals surface area contributed by atoms with Crippen molar-refractivity contribution in [1.82, 2.24) is 14.1 Å². The predicted molar refractivity (Wildman–Crippen MR) is 89.5 cm³/mol. The highest BCUT2D eigenvalue weighted by atomic mass is 32.2. The van der Waals surface area contributed by atoms with Gasteiger partial charge in [-0.25, -0.2) is 12.7 Å². The molecule has 1 aliphatic carbocycles. The fraction of sp³-hybridized carbons (Fsp3) is 0.938. The summed E-state index contributed by atoms with van der Waals surface area (Å²) in [6.45, 7) is 4.72. The molecule has 7 heteroatoms. The summed E-state index contributed by atoms with van der Waals surface area (Å²) in [6, 6.07) is 0.741. The van der Waals surface area contributed by atoms with Gasteiger partial charge < -0.3 is 4.90 Å². The SMILES string of the molecule is CS(=O)(=O)N1CCC(CC(=O)N2CCN(C3CCCC3)CC2)C1. The number of hydrogen-bond acceptors (Lipinski definition) is 4. The quantitative estimate of drug-likeness (QED) is 0.756. The predicted octanol–water partition coefficient (Wildman–Crippen LogP) is 0.745. The molecule has 132 valence electrons. The minimum absolute atomic E-state index is 0.185. The lowest BCUT2D eigenvalue weighted by molar-refractivity contribution is -0.134. The average molecular weight is 343 g/mol. The molecule has 1 unspecified atom stereocenters. The zero-order chi connectivity index (χ0) is 16.4. The Hall–Kier alpha value is -0.660. The summed E-state index contributed by atoms with van der Waals surface area (Å²) in [5, 5.41) is 0. The molecule has 23 heavy (non-hydrogen) atoms. The van der Waals surface area contributed by atoms with Crippen LogP contribution in [-0.4, -0.2) is 80.0 Å². The van der Waals surface area contributed by atoms with Crippen molar-refractivity contribution in [3.8, 4) is 0 Å². The van der Waals surface area contributed by atoms with E-state index in [1.54, 1.807) is 0 Å². The van der Waals surface area contributed by atoms with Crippen molar-refractivity contribution in [3.05, 3.63) is 0 Å². The molecule has 0 N–H and O–H groups in total. The Labute approximate surface area is 139 Å². The van der Waals surface area contributed by atoms with E-state index in [-0.39, 0.29) is 11.8 Å². The highest BCUT2D eigenvalue weighted by Crippen LogP contribution is 2.25. The maximum atomic E-state index is 12.5. The summed E-state index contributed by atoms with van der Waals surface area (Å²) >= 11 is 0. The molecule has 0 aromatic heterocycles. The van der Waals surface area contributed by atoms with Gasteiger partial charge in [-0.15, -0.1) is 0 Å². The van der Waals surface area contributed by atoms with E-state index in [2.05, 4.69) is 4.90 Å².